The van der Waals surface area contributed by atoms with Crippen molar-refractivity contribution in [1.29, 1.82) is 0 Å². The summed E-state index contributed by atoms with van der Waals surface area (Å²) in [4.78, 5) is 9.49. The zero-order valence-electron chi connectivity index (χ0n) is 4.01. The van der Waals surface area contributed by atoms with E-state index in [1.54, 1.807) is 6.92 Å². The first-order valence-corrected chi connectivity index (χ1v) is 1.85. The van der Waals surface area contributed by atoms with Gasteiger partial charge in [-0.15, -0.1) is 4.91 Å². The van der Waals surface area contributed by atoms with Gasteiger partial charge in [-0.05, 0) is 12.8 Å². The summed E-state index contributed by atoms with van der Waals surface area (Å²) in [6.07, 6.45) is 0. The van der Waals surface area contributed by atoms with E-state index in [9.17, 15) is 4.91 Å². The summed E-state index contributed by atoms with van der Waals surface area (Å²) in [5.74, 6) is 2.34. The molecule has 0 saturated heterocycles. The Kier molecular flexibility index (Phi) is 2.69. The number of hydrogen-bond donors (Lipinski definition) is 1. The summed E-state index contributed by atoms with van der Waals surface area (Å²) >= 11 is 0. The van der Waals surface area contributed by atoms with Crippen LogP contribution in [0.25, 0.3) is 0 Å². The first-order valence-electron chi connectivity index (χ1n) is 1.85. The Morgan fingerprint density at radius 3 is 2.57 bits per heavy atom. The zero-order chi connectivity index (χ0) is 5.70. The highest BCUT2D eigenvalue weighted by Gasteiger charge is 1.87. The summed E-state index contributed by atoms with van der Waals surface area (Å²) in [5.41, 5.74) is 4.74. The minimum absolute atomic E-state index is 0.468. The number of nitroso groups, excluding NO2 is 1. The molecule has 0 heterocycles. The van der Waals surface area contributed by atoms with Crippen LogP contribution < -0.4 is 5.73 Å². The third-order valence-corrected chi connectivity index (χ3v) is 0.450. The van der Waals surface area contributed by atoms with Gasteiger partial charge in [0.25, 0.3) is 0 Å². The normalized spacial score (nSPS) is 11.0. The Morgan fingerprint density at radius 2 is 2.43 bits per heavy atom. The van der Waals surface area contributed by atoms with Gasteiger partial charge in [-0.2, -0.15) is 0 Å². The lowest BCUT2D eigenvalue weighted by molar-refractivity contribution is 0.947. The highest BCUT2D eigenvalue weighted by Crippen LogP contribution is 1.80. The summed E-state index contributed by atoms with van der Waals surface area (Å²) in [6.45, 7) is 1.58. The van der Waals surface area contributed by atoms with E-state index in [1.807, 2.05) is 0 Å². The molecule has 38 valence electrons. The Morgan fingerprint density at radius 1 is 1.86 bits per heavy atom. The SMILES string of the molecule is CC(C#CN)N=O. The fraction of sp³-hybridized carbons (Fsp3) is 0.500. The molecule has 0 radical (unpaired) electrons. The number of nitrogens with two attached hydrogens (primary N) is 1. The Hall–Kier alpha value is -1.04. The van der Waals surface area contributed by atoms with Gasteiger partial charge in [0.2, 0.25) is 0 Å². The van der Waals surface area contributed by atoms with E-state index >= 15 is 0 Å². The molecule has 0 aliphatic carbocycles. The molecule has 7 heavy (non-hydrogen) atoms. The van der Waals surface area contributed by atoms with E-state index in [0.29, 0.717) is 0 Å². The van der Waals surface area contributed by atoms with E-state index in [2.05, 4.69) is 17.1 Å². The van der Waals surface area contributed by atoms with Gasteiger partial charge < -0.3 is 5.73 Å². The van der Waals surface area contributed by atoms with Gasteiger partial charge in [0.1, 0.15) is 0 Å². The van der Waals surface area contributed by atoms with Crippen LogP contribution in [0.4, 0.5) is 0 Å². The van der Waals surface area contributed by atoms with Crippen molar-refractivity contribution >= 4 is 0 Å². The summed E-state index contributed by atoms with van der Waals surface area (Å²) < 4.78 is 0. The molecule has 1 unspecified atom stereocenters. The van der Waals surface area contributed by atoms with E-state index in [4.69, 9.17) is 5.73 Å². The molecule has 0 aliphatic rings. The largest absolute Gasteiger partial charge is 0.359 e. The van der Waals surface area contributed by atoms with Gasteiger partial charge in [-0.25, -0.2) is 0 Å². The molecule has 1 atom stereocenters. The Balaban J connectivity index is 3.49. The van der Waals surface area contributed by atoms with Crippen molar-refractivity contribution in [2.75, 3.05) is 0 Å². The van der Waals surface area contributed by atoms with Crippen LogP contribution in [0, 0.1) is 16.9 Å². The molecule has 0 aromatic heterocycles. The van der Waals surface area contributed by atoms with Crippen LogP contribution in [-0.2, 0) is 0 Å². The molecule has 0 aromatic rings. The Bertz CT molecular complexity index is 111. The van der Waals surface area contributed by atoms with E-state index in [0.717, 1.165) is 0 Å². The van der Waals surface area contributed by atoms with Gasteiger partial charge >= 0.3 is 0 Å². The minimum atomic E-state index is -0.468. The van der Waals surface area contributed by atoms with Crippen LogP contribution in [0.5, 0.6) is 0 Å². The Labute approximate surface area is 41.9 Å². The summed E-state index contributed by atoms with van der Waals surface area (Å²) in [7, 11) is 0. The number of rotatable bonds is 1. The molecule has 3 heteroatoms. The number of hydrogen-bond acceptors (Lipinski definition) is 3. The van der Waals surface area contributed by atoms with Crippen molar-refractivity contribution < 1.29 is 0 Å². The first kappa shape index (κ1) is 5.96. The lowest BCUT2D eigenvalue weighted by Gasteiger charge is -1.80. The maximum atomic E-state index is 9.49. The highest BCUT2D eigenvalue weighted by atomic mass is 16.3. The smallest absolute Gasteiger partial charge is 0.151 e. The predicted octanol–water partition coefficient (Wildman–Crippen LogP) is 0.0609. The topological polar surface area (TPSA) is 55.4 Å². The van der Waals surface area contributed by atoms with Crippen LogP contribution in [0.1, 0.15) is 6.92 Å². The molecule has 0 aromatic carbocycles. The zero-order valence-corrected chi connectivity index (χ0v) is 4.01. The fourth-order valence-electron chi connectivity index (χ4n) is 0.147. The molecule has 0 spiro atoms. The number of nitrogens with zero attached hydrogens (tertiary/aromatic N) is 1. The van der Waals surface area contributed by atoms with Crippen LogP contribution in [0.2, 0.25) is 0 Å². The molecule has 2 N–H and O–H groups in total. The van der Waals surface area contributed by atoms with Crippen molar-refractivity contribution in [3.8, 4) is 12.0 Å². The molecule has 0 fully saturated rings. The van der Waals surface area contributed by atoms with E-state index < -0.39 is 6.04 Å². The summed E-state index contributed by atoms with van der Waals surface area (Å²) in [5, 5.41) is 2.57. The third-order valence-electron chi connectivity index (χ3n) is 0.450. The van der Waals surface area contributed by atoms with Gasteiger partial charge in [0, 0.05) is 6.04 Å². The van der Waals surface area contributed by atoms with Gasteiger partial charge in [0.05, 0.1) is 0 Å². The van der Waals surface area contributed by atoms with Crippen LogP contribution in [0.15, 0.2) is 5.18 Å². The second-order valence-electron chi connectivity index (χ2n) is 1.07. The average Bonchev–Trinajstić information content (AvgIpc) is 1.68. The van der Waals surface area contributed by atoms with Crippen LogP contribution >= 0.6 is 0 Å². The van der Waals surface area contributed by atoms with Crippen molar-refractivity contribution in [3.63, 3.8) is 0 Å². The minimum Gasteiger partial charge on any atom is -0.359 e. The molecule has 0 amide bonds. The molecule has 0 saturated carbocycles. The van der Waals surface area contributed by atoms with Gasteiger partial charge in [-0.1, -0.05) is 5.18 Å². The van der Waals surface area contributed by atoms with Crippen molar-refractivity contribution in [2.24, 2.45) is 10.9 Å². The summed E-state index contributed by atoms with van der Waals surface area (Å²) in [6, 6.07) is 1.61. The average molecular weight is 98.1 g/mol. The van der Waals surface area contributed by atoms with Crippen LogP contribution in [0.3, 0.4) is 0 Å². The van der Waals surface area contributed by atoms with E-state index in [1.165, 1.54) is 0 Å². The fourth-order valence-corrected chi connectivity index (χ4v) is 0.147. The molecule has 0 bridgehead atoms. The maximum Gasteiger partial charge on any atom is 0.151 e. The molecular formula is C4H6N2O. The van der Waals surface area contributed by atoms with Crippen molar-refractivity contribution in [3.05, 3.63) is 4.91 Å². The highest BCUT2D eigenvalue weighted by molar-refractivity contribution is 5.02. The third kappa shape index (κ3) is 2.77. The van der Waals surface area contributed by atoms with Crippen molar-refractivity contribution in [2.45, 2.75) is 13.0 Å². The molecular weight excluding hydrogens is 92.1 g/mol. The van der Waals surface area contributed by atoms with Crippen molar-refractivity contribution in [1.82, 2.24) is 0 Å². The quantitative estimate of drug-likeness (QED) is 0.286. The van der Waals surface area contributed by atoms with E-state index in [-0.39, 0.29) is 0 Å². The predicted molar refractivity (Wildman–Crippen MR) is 27.2 cm³/mol. The standard InChI is InChI=1S/C4H6N2O/c1-4(6-7)2-3-5/h4H,5H2,1H3. The molecule has 0 aliphatic heterocycles. The maximum absolute atomic E-state index is 9.49. The van der Waals surface area contributed by atoms with Crippen LogP contribution in [-0.4, -0.2) is 6.04 Å². The molecule has 3 nitrogen and oxygen atoms in total. The second-order valence-corrected chi connectivity index (χ2v) is 1.07. The first-order chi connectivity index (χ1) is 3.31. The van der Waals surface area contributed by atoms with Gasteiger partial charge in [0.15, 0.2) is 6.04 Å². The van der Waals surface area contributed by atoms with Gasteiger partial charge in [-0.3, -0.25) is 0 Å². The molecule has 0 rings (SSSR count). The second kappa shape index (κ2) is 3.16. The lowest BCUT2D eigenvalue weighted by atomic mass is 10.4. The lowest BCUT2D eigenvalue weighted by Crippen LogP contribution is -1.91. The monoisotopic (exact) mass is 98.0 g/mol.